The molecule has 19 heteroatoms. The summed E-state index contributed by atoms with van der Waals surface area (Å²) in [6.07, 6.45) is -17.2. The van der Waals surface area contributed by atoms with Crippen molar-refractivity contribution in [3.63, 3.8) is 0 Å². The minimum atomic E-state index is -1.48. The molecule has 0 aromatic carbocycles. The maximum Gasteiger partial charge on any atom is 0.132 e. The second-order valence-electron chi connectivity index (χ2n) is 15.3. The van der Waals surface area contributed by atoms with Crippen molar-refractivity contribution in [3.8, 4) is 0 Å². The molecule has 4 aliphatic rings. The van der Waals surface area contributed by atoms with Crippen molar-refractivity contribution in [1.82, 2.24) is 0 Å². The van der Waals surface area contributed by atoms with Crippen LogP contribution in [0.1, 0.15) is 33.6 Å². The van der Waals surface area contributed by atoms with E-state index >= 15 is 0 Å². The number of Topliss-reactive ketones (excluding diaryl/α,β-unsaturated/α-hetero) is 1. The lowest BCUT2D eigenvalue weighted by molar-refractivity contribution is -0.247. The lowest BCUT2D eigenvalue weighted by Gasteiger charge is -2.44. The predicted molar refractivity (Wildman–Crippen MR) is 186 cm³/mol. The molecule has 4 heterocycles. The molecular formula is C36H64O19. The summed E-state index contributed by atoms with van der Waals surface area (Å²) in [5.74, 6) is -3.27. The van der Waals surface area contributed by atoms with E-state index in [4.69, 9.17) is 37.9 Å². The van der Waals surface area contributed by atoms with Crippen LogP contribution in [-0.4, -0.2) is 221 Å². The highest BCUT2D eigenvalue weighted by molar-refractivity contribution is 5.76. The summed E-state index contributed by atoms with van der Waals surface area (Å²) in [4.78, 5) is 12.2. The Morgan fingerprint density at radius 2 is 0.855 bits per heavy atom. The number of rotatable bonds is 19. The van der Waals surface area contributed by atoms with Gasteiger partial charge in [-0.2, -0.15) is 0 Å². The molecule has 4 fully saturated rings. The van der Waals surface area contributed by atoms with Crippen LogP contribution in [0, 0.1) is 23.7 Å². The molecule has 4 rings (SSSR count). The van der Waals surface area contributed by atoms with E-state index in [1.807, 2.05) is 0 Å². The molecule has 0 bridgehead atoms. The molecule has 0 aromatic rings. The number of ketones is 1. The van der Waals surface area contributed by atoms with E-state index < -0.39 is 135 Å². The fourth-order valence-electron chi connectivity index (χ4n) is 8.10. The van der Waals surface area contributed by atoms with Crippen molar-refractivity contribution >= 4 is 5.78 Å². The van der Waals surface area contributed by atoms with E-state index in [2.05, 4.69) is 0 Å². The SMILES string of the molecule is CC[C@@H]1OC(CO)[C@H](COC[C@@H]2OC(CO)[C@H](COC[C@@H]3OC(CC(C)=O)[C@H](COC[C@@H]4OC(C)[C@H](COC)[C@H](O)C4O)[C@H](O)C3O)[C@H](O)C2O)[C@H](O)C1O. The minimum absolute atomic E-state index is 0.115. The number of methoxy groups -OCH3 is 1. The summed E-state index contributed by atoms with van der Waals surface area (Å²) >= 11 is 0. The topological polar surface area (TPSA) is 293 Å². The molecule has 55 heavy (non-hydrogen) atoms. The average molecular weight is 801 g/mol. The van der Waals surface area contributed by atoms with Crippen LogP contribution in [0.2, 0.25) is 0 Å². The molecule has 0 amide bonds. The molecule has 0 aromatic heterocycles. The second kappa shape index (κ2) is 21.8. The predicted octanol–water partition coefficient (Wildman–Crippen LogP) is -4.50. The zero-order valence-corrected chi connectivity index (χ0v) is 32.0. The Bertz CT molecular complexity index is 1130. The molecule has 0 radical (unpaired) electrons. The Kier molecular flexibility index (Phi) is 18.5. The highest BCUT2D eigenvalue weighted by Gasteiger charge is 2.49. The van der Waals surface area contributed by atoms with Gasteiger partial charge in [-0.3, -0.25) is 4.79 Å². The number of hydrogen-bond donors (Lipinski definition) is 10. The van der Waals surface area contributed by atoms with Gasteiger partial charge in [0, 0.05) is 37.2 Å². The summed E-state index contributed by atoms with van der Waals surface area (Å²) < 4.78 is 45.8. The Labute approximate surface area is 321 Å². The van der Waals surface area contributed by atoms with Gasteiger partial charge in [0.05, 0.1) is 114 Å². The monoisotopic (exact) mass is 800 g/mol. The van der Waals surface area contributed by atoms with Gasteiger partial charge in [0.1, 0.15) is 48.5 Å². The lowest BCUT2D eigenvalue weighted by Crippen LogP contribution is -2.59. The van der Waals surface area contributed by atoms with Crippen molar-refractivity contribution in [2.75, 3.05) is 66.6 Å². The van der Waals surface area contributed by atoms with Crippen molar-refractivity contribution in [3.05, 3.63) is 0 Å². The van der Waals surface area contributed by atoms with Gasteiger partial charge in [-0.1, -0.05) is 6.92 Å². The van der Waals surface area contributed by atoms with E-state index in [-0.39, 0.29) is 58.5 Å². The van der Waals surface area contributed by atoms with Crippen molar-refractivity contribution in [1.29, 1.82) is 0 Å². The highest BCUT2D eigenvalue weighted by atomic mass is 16.6. The fraction of sp³-hybridized carbons (Fsp3) is 0.972. The minimum Gasteiger partial charge on any atom is -0.394 e. The molecule has 0 spiro atoms. The smallest absolute Gasteiger partial charge is 0.132 e. The number of carbonyl (C=O) groups is 1. The van der Waals surface area contributed by atoms with Gasteiger partial charge < -0.3 is 89.0 Å². The number of aliphatic hydroxyl groups is 10. The van der Waals surface area contributed by atoms with E-state index in [0.717, 1.165) is 0 Å². The van der Waals surface area contributed by atoms with Gasteiger partial charge in [0.25, 0.3) is 0 Å². The first-order valence-electron chi connectivity index (χ1n) is 19.2. The average Bonchev–Trinajstić information content (AvgIpc) is 3.15. The Morgan fingerprint density at radius 1 is 0.491 bits per heavy atom. The molecular weight excluding hydrogens is 736 g/mol. The maximum atomic E-state index is 12.2. The largest absolute Gasteiger partial charge is 0.394 e. The number of aliphatic hydroxyl groups excluding tert-OH is 10. The van der Waals surface area contributed by atoms with Gasteiger partial charge >= 0.3 is 0 Å². The van der Waals surface area contributed by atoms with Gasteiger partial charge in [0.15, 0.2) is 0 Å². The fourth-order valence-corrected chi connectivity index (χ4v) is 8.10. The number of carbonyl (C=O) groups excluding carboxylic acids is 1. The third-order valence-electron chi connectivity index (χ3n) is 11.5. The quantitative estimate of drug-likeness (QED) is 0.0589. The summed E-state index contributed by atoms with van der Waals surface area (Å²) in [5.41, 5.74) is 0. The third kappa shape index (κ3) is 11.4. The van der Waals surface area contributed by atoms with E-state index in [9.17, 15) is 55.9 Å². The van der Waals surface area contributed by atoms with Crippen LogP contribution in [0.25, 0.3) is 0 Å². The van der Waals surface area contributed by atoms with Crippen LogP contribution in [0.3, 0.4) is 0 Å². The Balaban J connectivity index is 1.27. The Hall–Kier alpha value is -1.05. The zero-order chi connectivity index (χ0) is 40.6. The standard InChI is InChI=1S/C36H64O19/c1-5-22-33(44)31(42)20(24(7-37)53-22)11-51-15-28-36(47)32(43)21(25(8-38)55-28)12-50-14-27-35(46)30(41)19(23(54-27)6-16(2)39)10-49-13-26-34(45)29(40)18(9-48-4)17(3)52-26/h17-38,40-47H,5-15H2,1-4H3/t17?,18-,19-,20-,21-,22-,23?,24?,25?,26-,27-,28-,29-,30-,31-,32-,33?,34?,35?,36?/m0/s1. The first kappa shape index (κ1) is 46.6. The molecule has 19 nitrogen and oxygen atoms in total. The molecule has 0 aliphatic carbocycles. The molecule has 4 aliphatic heterocycles. The van der Waals surface area contributed by atoms with Crippen LogP contribution in [0.5, 0.6) is 0 Å². The maximum absolute atomic E-state index is 12.2. The van der Waals surface area contributed by atoms with Gasteiger partial charge in [-0.15, -0.1) is 0 Å². The van der Waals surface area contributed by atoms with Crippen LogP contribution in [0.4, 0.5) is 0 Å². The first-order chi connectivity index (χ1) is 26.2. The van der Waals surface area contributed by atoms with Crippen molar-refractivity contribution in [2.24, 2.45) is 23.7 Å². The molecule has 0 saturated carbocycles. The van der Waals surface area contributed by atoms with Crippen LogP contribution >= 0.6 is 0 Å². The molecule has 20 atom stereocenters. The van der Waals surface area contributed by atoms with Crippen molar-refractivity contribution < 1.29 is 93.8 Å². The van der Waals surface area contributed by atoms with Gasteiger partial charge in [0.2, 0.25) is 0 Å². The van der Waals surface area contributed by atoms with Gasteiger partial charge in [-0.25, -0.2) is 0 Å². The zero-order valence-electron chi connectivity index (χ0n) is 32.0. The molecule has 322 valence electrons. The Morgan fingerprint density at radius 3 is 1.25 bits per heavy atom. The first-order valence-corrected chi connectivity index (χ1v) is 19.2. The van der Waals surface area contributed by atoms with Crippen LogP contribution in [0.15, 0.2) is 0 Å². The van der Waals surface area contributed by atoms with E-state index in [1.54, 1.807) is 13.8 Å². The number of hydrogen-bond acceptors (Lipinski definition) is 19. The van der Waals surface area contributed by atoms with E-state index in [0.29, 0.717) is 6.42 Å². The number of ether oxygens (including phenoxy) is 8. The molecule has 4 saturated heterocycles. The highest BCUT2D eigenvalue weighted by Crippen LogP contribution is 2.33. The second-order valence-corrected chi connectivity index (χ2v) is 15.3. The molecule has 8 unspecified atom stereocenters. The third-order valence-corrected chi connectivity index (χ3v) is 11.5. The summed E-state index contributed by atoms with van der Waals surface area (Å²) in [5, 5.41) is 106. The van der Waals surface area contributed by atoms with E-state index in [1.165, 1.54) is 14.0 Å². The molecule has 10 N–H and O–H groups in total. The summed E-state index contributed by atoms with van der Waals surface area (Å²) in [6.45, 7) is 2.79. The normalized spacial score (nSPS) is 45.4. The van der Waals surface area contributed by atoms with Crippen molar-refractivity contribution in [2.45, 2.75) is 131 Å². The lowest BCUT2D eigenvalue weighted by atomic mass is 9.85. The van der Waals surface area contributed by atoms with Crippen LogP contribution < -0.4 is 0 Å². The summed E-state index contributed by atoms with van der Waals surface area (Å²) in [7, 11) is 1.48. The van der Waals surface area contributed by atoms with Gasteiger partial charge in [-0.05, 0) is 20.3 Å². The van der Waals surface area contributed by atoms with Crippen LogP contribution in [-0.2, 0) is 42.7 Å². The summed E-state index contributed by atoms with van der Waals surface area (Å²) in [6, 6.07) is 0.